The third-order valence-electron chi connectivity index (χ3n) is 2.94. The van der Waals surface area contributed by atoms with Crippen molar-refractivity contribution in [1.82, 2.24) is 0 Å². The summed E-state index contributed by atoms with van der Waals surface area (Å²) in [4.78, 5) is 11.7. The molecule has 16 heavy (non-hydrogen) atoms. The normalized spacial score (nSPS) is 19.8. The number of halogens is 1. The largest absolute Gasteiger partial charge is 0.295 e. The molecule has 2 rings (SSSR count). The summed E-state index contributed by atoms with van der Waals surface area (Å²) in [5, 5.41) is 0. The van der Waals surface area contributed by atoms with Gasteiger partial charge in [-0.1, -0.05) is 24.6 Å². The maximum atomic E-state index is 13.4. The second kappa shape index (κ2) is 5.06. The molecule has 1 aliphatic rings. The van der Waals surface area contributed by atoms with Crippen molar-refractivity contribution >= 4 is 11.9 Å². The second-order valence-electron chi connectivity index (χ2n) is 4.17. The minimum absolute atomic E-state index is 0.181. The SMILES string of the molecule is O=C1CCCCC/C1=C\c1ccccc1F. The first-order valence-corrected chi connectivity index (χ1v) is 5.75. The van der Waals surface area contributed by atoms with Gasteiger partial charge in [0.25, 0.3) is 0 Å². The van der Waals surface area contributed by atoms with Crippen molar-refractivity contribution in [2.75, 3.05) is 0 Å². The van der Waals surface area contributed by atoms with Gasteiger partial charge < -0.3 is 0 Å². The minimum atomic E-state index is -0.257. The van der Waals surface area contributed by atoms with Gasteiger partial charge in [0.2, 0.25) is 0 Å². The molecule has 0 radical (unpaired) electrons. The summed E-state index contributed by atoms with van der Waals surface area (Å²) >= 11 is 0. The zero-order chi connectivity index (χ0) is 11.4. The maximum Gasteiger partial charge on any atom is 0.158 e. The molecule has 1 aromatic rings. The van der Waals surface area contributed by atoms with E-state index in [-0.39, 0.29) is 11.6 Å². The van der Waals surface area contributed by atoms with E-state index in [1.807, 2.05) is 0 Å². The molecule has 2 heteroatoms. The van der Waals surface area contributed by atoms with Crippen LogP contribution in [0.4, 0.5) is 4.39 Å². The van der Waals surface area contributed by atoms with Gasteiger partial charge in [-0.2, -0.15) is 0 Å². The van der Waals surface area contributed by atoms with Crippen molar-refractivity contribution in [3.63, 3.8) is 0 Å². The standard InChI is InChI=1S/C14H15FO/c15-13-8-5-4-6-11(13)10-12-7-2-1-3-9-14(12)16/h4-6,8,10H,1-3,7,9H2/b12-10+. The van der Waals surface area contributed by atoms with E-state index in [4.69, 9.17) is 0 Å². The lowest BCUT2D eigenvalue weighted by Crippen LogP contribution is -1.99. The van der Waals surface area contributed by atoms with Crippen LogP contribution in [-0.2, 0) is 4.79 Å². The average molecular weight is 218 g/mol. The van der Waals surface area contributed by atoms with E-state index in [2.05, 4.69) is 0 Å². The van der Waals surface area contributed by atoms with Crippen LogP contribution >= 0.6 is 0 Å². The van der Waals surface area contributed by atoms with Gasteiger partial charge in [-0.05, 0) is 37.0 Å². The van der Waals surface area contributed by atoms with E-state index in [1.165, 1.54) is 6.07 Å². The molecule has 84 valence electrons. The summed E-state index contributed by atoms with van der Waals surface area (Å²) in [6.07, 6.45) is 6.20. The van der Waals surface area contributed by atoms with Crippen LogP contribution in [0.25, 0.3) is 6.08 Å². The Morgan fingerprint density at radius 2 is 1.81 bits per heavy atom. The zero-order valence-corrected chi connectivity index (χ0v) is 9.21. The summed E-state index contributed by atoms with van der Waals surface area (Å²) in [7, 11) is 0. The molecule has 1 fully saturated rings. The van der Waals surface area contributed by atoms with Gasteiger partial charge in [-0.3, -0.25) is 4.79 Å². The summed E-state index contributed by atoms with van der Waals surface area (Å²) in [6, 6.07) is 6.58. The Morgan fingerprint density at radius 1 is 1.06 bits per heavy atom. The van der Waals surface area contributed by atoms with Crippen molar-refractivity contribution in [3.8, 4) is 0 Å². The Morgan fingerprint density at radius 3 is 2.62 bits per heavy atom. The van der Waals surface area contributed by atoms with Crippen LogP contribution in [0.1, 0.15) is 37.7 Å². The summed E-state index contributed by atoms with van der Waals surface area (Å²) in [5.74, 6) is -0.0761. The van der Waals surface area contributed by atoms with E-state index in [1.54, 1.807) is 24.3 Å². The number of benzene rings is 1. The van der Waals surface area contributed by atoms with Crippen LogP contribution in [0.5, 0.6) is 0 Å². The van der Waals surface area contributed by atoms with Crippen LogP contribution in [-0.4, -0.2) is 5.78 Å². The number of ketones is 1. The Hall–Kier alpha value is -1.44. The molecule has 0 bridgehead atoms. The van der Waals surface area contributed by atoms with Crippen LogP contribution in [0, 0.1) is 5.82 Å². The van der Waals surface area contributed by atoms with Crippen molar-refractivity contribution in [1.29, 1.82) is 0 Å². The van der Waals surface area contributed by atoms with Gasteiger partial charge in [-0.25, -0.2) is 4.39 Å². The number of hydrogen-bond acceptors (Lipinski definition) is 1. The highest BCUT2D eigenvalue weighted by molar-refractivity contribution is 5.99. The molecule has 1 aromatic carbocycles. The fourth-order valence-electron chi connectivity index (χ4n) is 2.01. The first kappa shape index (κ1) is 11.1. The lowest BCUT2D eigenvalue weighted by Gasteiger charge is -2.02. The lowest BCUT2D eigenvalue weighted by atomic mass is 10.0. The number of Topliss-reactive ketones (excluding diaryl/α,β-unsaturated/α-hetero) is 1. The summed E-state index contributed by atoms with van der Waals surface area (Å²) in [5.41, 5.74) is 1.30. The molecule has 0 unspecified atom stereocenters. The van der Waals surface area contributed by atoms with Gasteiger partial charge in [-0.15, -0.1) is 0 Å². The zero-order valence-electron chi connectivity index (χ0n) is 9.21. The number of carbonyl (C=O) groups excluding carboxylic acids is 1. The highest BCUT2D eigenvalue weighted by Crippen LogP contribution is 2.22. The maximum absolute atomic E-state index is 13.4. The first-order valence-electron chi connectivity index (χ1n) is 5.75. The van der Waals surface area contributed by atoms with Crippen molar-refractivity contribution in [2.24, 2.45) is 0 Å². The predicted octanol–water partition coefficient (Wildman–Crippen LogP) is 3.74. The van der Waals surface area contributed by atoms with Crippen LogP contribution in [0.2, 0.25) is 0 Å². The third kappa shape index (κ3) is 2.57. The molecule has 0 N–H and O–H groups in total. The van der Waals surface area contributed by atoms with E-state index in [9.17, 15) is 9.18 Å². The minimum Gasteiger partial charge on any atom is -0.295 e. The Bertz CT molecular complexity index is 420. The van der Waals surface area contributed by atoms with Crippen molar-refractivity contribution in [3.05, 3.63) is 41.2 Å². The molecular formula is C14H15FO. The molecule has 0 saturated heterocycles. The molecule has 1 saturated carbocycles. The molecule has 0 amide bonds. The van der Waals surface area contributed by atoms with E-state index in [0.717, 1.165) is 31.3 Å². The van der Waals surface area contributed by atoms with Crippen LogP contribution in [0.3, 0.4) is 0 Å². The topological polar surface area (TPSA) is 17.1 Å². The van der Waals surface area contributed by atoms with Gasteiger partial charge in [0.05, 0.1) is 0 Å². The summed E-state index contributed by atoms with van der Waals surface area (Å²) in [6.45, 7) is 0. The molecule has 0 aliphatic heterocycles. The Balaban J connectivity index is 2.28. The predicted molar refractivity (Wildman–Crippen MR) is 62.5 cm³/mol. The highest BCUT2D eigenvalue weighted by atomic mass is 19.1. The van der Waals surface area contributed by atoms with E-state index < -0.39 is 0 Å². The van der Waals surface area contributed by atoms with Gasteiger partial charge in [0.15, 0.2) is 5.78 Å². The van der Waals surface area contributed by atoms with Crippen LogP contribution < -0.4 is 0 Å². The number of allylic oxidation sites excluding steroid dienone is 1. The fourth-order valence-corrected chi connectivity index (χ4v) is 2.01. The summed E-state index contributed by atoms with van der Waals surface area (Å²) < 4.78 is 13.4. The van der Waals surface area contributed by atoms with Crippen molar-refractivity contribution < 1.29 is 9.18 Å². The quantitative estimate of drug-likeness (QED) is 0.518. The second-order valence-corrected chi connectivity index (χ2v) is 4.17. The fraction of sp³-hybridized carbons (Fsp3) is 0.357. The molecule has 0 spiro atoms. The Labute approximate surface area is 95.0 Å². The molecule has 0 aromatic heterocycles. The lowest BCUT2D eigenvalue weighted by molar-refractivity contribution is -0.115. The first-order chi connectivity index (χ1) is 7.77. The molecular weight excluding hydrogens is 203 g/mol. The molecule has 1 aliphatic carbocycles. The monoisotopic (exact) mass is 218 g/mol. The molecule has 0 heterocycles. The molecule has 1 nitrogen and oxygen atoms in total. The van der Waals surface area contributed by atoms with Gasteiger partial charge in [0, 0.05) is 12.0 Å². The Kier molecular flexibility index (Phi) is 3.50. The van der Waals surface area contributed by atoms with Crippen LogP contribution in [0.15, 0.2) is 29.8 Å². The third-order valence-corrected chi connectivity index (χ3v) is 2.94. The highest BCUT2D eigenvalue weighted by Gasteiger charge is 2.13. The number of rotatable bonds is 1. The average Bonchev–Trinajstić information content (AvgIpc) is 2.48. The smallest absolute Gasteiger partial charge is 0.158 e. The van der Waals surface area contributed by atoms with E-state index >= 15 is 0 Å². The number of hydrogen-bond donors (Lipinski definition) is 0. The van der Waals surface area contributed by atoms with Gasteiger partial charge >= 0.3 is 0 Å². The van der Waals surface area contributed by atoms with E-state index in [0.29, 0.717) is 12.0 Å². The van der Waals surface area contributed by atoms with Crippen molar-refractivity contribution in [2.45, 2.75) is 32.1 Å². The van der Waals surface area contributed by atoms with Gasteiger partial charge in [0.1, 0.15) is 5.82 Å². The molecule has 0 atom stereocenters. The number of carbonyl (C=O) groups is 1.